The lowest BCUT2D eigenvalue weighted by Crippen LogP contribution is -2.38. The molecule has 1 aromatic rings. The first-order valence-corrected chi connectivity index (χ1v) is 6.44. The molecule has 2 N–H and O–H groups in total. The van der Waals surface area contributed by atoms with Crippen LogP contribution in [0.3, 0.4) is 0 Å². The highest BCUT2D eigenvalue weighted by Gasteiger charge is 2.50. The third-order valence-electron chi connectivity index (χ3n) is 3.61. The summed E-state index contributed by atoms with van der Waals surface area (Å²) in [5.41, 5.74) is 5.73. The fourth-order valence-corrected chi connectivity index (χ4v) is 2.10. The number of hydrogen-bond donors (Lipinski definition) is 1. The first kappa shape index (κ1) is 13.8. The molecule has 1 aliphatic rings. The summed E-state index contributed by atoms with van der Waals surface area (Å²) < 4.78 is 18.9. The Balaban J connectivity index is 2.18. The molecule has 1 amide bonds. The molecule has 1 saturated carbocycles. The smallest absolute Gasteiger partial charge is 0.234 e. The number of carbonyl (C=O) groups excluding carboxylic acids is 1. The van der Waals surface area contributed by atoms with Gasteiger partial charge in [-0.15, -0.1) is 0 Å². The summed E-state index contributed by atoms with van der Waals surface area (Å²) in [5, 5.41) is 0. The lowest BCUT2D eigenvalue weighted by Gasteiger charge is -2.23. The molecule has 4 nitrogen and oxygen atoms in total. The fourth-order valence-electron chi connectivity index (χ4n) is 2.10. The normalized spacial score (nSPS) is 16.0. The Labute approximate surface area is 112 Å². The van der Waals surface area contributed by atoms with Crippen LogP contribution >= 0.6 is 0 Å². The van der Waals surface area contributed by atoms with Crippen molar-refractivity contribution >= 4 is 11.6 Å². The number of carbonyl (C=O) groups is 1. The van der Waals surface area contributed by atoms with Crippen LogP contribution in [0.5, 0.6) is 5.75 Å². The number of anilines is 1. The van der Waals surface area contributed by atoms with Gasteiger partial charge in [0, 0.05) is 25.3 Å². The summed E-state index contributed by atoms with van der Waals surface area (Å²) in [4.78, 5) is 13.7. The van der Waals surface area contributed by atoms with Gasteiger partial charge in [-0.3, -0.25) is 4.79 Å². The number of rotatable bonds is 5. The van der Waals surface area contributed by atoms with E-state index in [9.17, 15) is 9.18 Å². The minimum absolute atomic E-state index is 0.0430. The maximum Gasteiger partial charge on any atom is 0.234 e. The Morgan fingerprint density at radius 2 is 2.21 bits per heavy atom. The van der Waals surface area contributed by atoms with Crippen molar-refractivity contribution in [3.63, 3.8) is 0 Å². The number of benzene rings is 1. The van der Waals surface area contributed by atoms with Crippen LogP contribution in [0.4, 0.5) is 10.1 Å². The molecule has 0 spiro atoms. The number of nitrogens with two attached hydrogens (primary N) is 1. The summed E-state index contributed by atoms with van der Waals surface area (Å²) in [5.74, 6) is -0.304. The number of amides is 1. The summed E-state index contributed by atoms with van der Waals surface area (Å²) in [6.07, 6.45) is 1.62. The second-order valence-electron chi connectivity index (χ2n) is 4.90. The fraction of sp³-hybridized carbons (Fsp3) is 0.500. The molecule has 1 aliphatic carbocycles. The molecular weight excluding hydrogens is 247 g/mol. The maximum atomic E-state index is 13.8. The van der Waals surface area contributed by atoms with E-state index in [1.807, 2.05) is 0 Å². The molecule has 0 saturated heterocycles. The third kappa shape index (κ3) is 2.56. The van der Waals surface area contributed by atoms with Crippen molar-refractivity contribution in [1.82, 2.24) is 0 Å². The lowest BCUT2D eigenvalue weighted by molar-refractivity contribution is -0.123. The van der Waals surface area contributed by atoms with Gasteiger partial charge in [-0.05, 0) is 31.9 Å². The third-order valence-corrected chi connectivity index (χ3v) is 3.61. The zero-order valence-corrected chi connectivity index (χ0v) is 11.3. The van der Waals surface area contributed by atoms with Crippen LogP contribution in [0, 0.1) is 11.2 Å². The molecule has 0 aliphatic heterocycles. The van der Waals surface area contributed by atoms with Gasteiger partial charge in [-0.1, -0.05) is 0 Å². The van der Waals surface area contributed by atoms with Gasteiger partial charge in [0.15, 0.2) is 11.6 Å². The summed E-state index contributed by atoms with van der Waals surface area (Å²) in [6.45, 7) is 2.54. The highest BCUT2D eigenvalue weighted by Crippen LogP contribution is 2.46. The quantitative estimate of drug-likeness (QED) is 0.886. The van der Waals surface area contributed by atoms with Crippen LogP contribution in [0.1, 0.15) is 19.8 Å². The molecule has 1 fully saturated rings. The van der Waals surface area contributed by atoms with Gasteiger partial charge in [-0.2, -0.15) is 0 Å². The van der Waals surface area contributed by atoms with E-state index < -0.39 is 11.2 Å². The molecule has 0 heterocycles. The highest BCUT2D eigenvalue weighted by atomic mass is 19.1. The largest absolute Gasteiger partial charge is 0.491 e. The van der Waals surface area contributed by atoms with Crippen molar-refractivity contribution in [3.05, 3.63) is 24.0 Å². The molecule has 0 atom stereocenters. The van der Waals surface area contributed by atoms with E-state index in [-0.39, 0.29) is 11.7 Å². The topological polar surface area (TPSA) is 55.6 Å². The van der Waals surface area contributed by atoms with Gasteiger partial charge in [-0.25, -0.2) is 4.39 Å². The van der Waals surface area contributed by atoms with Crippen LogP contribution in [-0.2, 0) is 4.79 Å². The Morgan fingerprint density at radius 3 is 2.68 bits per heavy atom. The molecule has 5 heteroatoms. The molecule has 0 radical (unpaired) electrons. The Hall–Kier alpha value is -1.62. The van der Waals surface area contributed by atoms with Crippen molar-refractivity contribution in [2.75, 3.05) is 25.1 Å². The summed E-state index contributed by atoms with van der Waals surface area (Å²) >= 11 is 0. The van der Waals surface area contributed by atoms with Crippen LogP contribution in [0.25, 0.3) is 0 Å². The van der Waals surface area contributed by atoms with E-state index in [2.05, 4.69) is 0 Å². The van der Waals surface area contributed by atoms with E-state index in [1.54, 1.807) is 26.1 Å². The van der Waals surface area contributed by atoms with Gasteiger partial charge < -0.3 is 15.4 Å². The Kier molecular flexibility index (Phi) is 3.75. The first-order valence-electron chi connectivity index (χ1n) is 6.44. The Morgan fingerprint density at radius 1 is 1.53 bits per heavy atom. The maximum absolute atomic E-state index is 13.8. The Bertz CT molecular complexity index is 486. The van der Waals surface area contributed by atoms with Crippen molar-refractivity contribution in [3.8, 4) is 5.75 Å². The number of hydrogen-bond acceptors (Lipinski definition) is 3. The van der Waals surface area contributed by atoms with E-state index in [4.69, 9.17) is 10.5 Å². The van der Waals surface area contributed by atoms with E-state index in [0.717, 1.165) is 12.8 Å². The van der Waals surface area contributed by atoms with E-state index >= 15 is 0 Å². The molecule has 0 unspecified atom stereocenters. The summed E-state index contributed by atoms with van der Waals surface area (Å²) in [7, 11) is 1.65. The minimum atomic E-state index is -0.461. The molecule has 104 valence electrons. The van der Waals surface area contributed by atoms with Crippen LogP contribution in [0.2, 0.25) is 0 Å². The van der Waals surface area contributed by atoms with Crippen molar-refractivity contribution < 1.29 is 13.9 Å². The van der Waals surface area contributed by atoms with Crippen molar-refractivity contribution in [2.24, 2.45) is 11.1 Å². The monoisotopic (exact) mass is 266 g/mol. The SMILES string of the molecule is CCOc1ccc(N(C)C(=O)C2(CN)CC2)cc1F. The number of ether oxygens (including phenoxy) is 1. The van der Waals surface area contributed by atoms with E-state index in [0.29, 0.717) is 18.8 Å². The predicted molar refractivity (Wildman–Crippen MR) is 71.7 cm³/mol. The zero-order valence-electron chi connectivity index (χ0n) is 11.3. The van der Waals surface area contributed by atoms with E-state index in [1.165, 1.54) is 11.0 Å². The van der Waals surface area contributed by atoms with Crippen molar-refractivity contribution in [1.29, 1.82) is 0 Å². The number of nitrogens with zero attached hydrogens (tertiary/aromatic N) is 1. The standard InChI is InChI=1S/C14H19FN2O2/c1-3-19-12-5-4-10(8-11(12)15)17(2)13(18)14(9-16)6-7-14/h4-5,8H,3,6-7,9,16H2,1-2H3. The number of halogens is 1. The molecule has 19 heavy (non-hydrogen) atoms. The highest BCUT2D eigenvalue weighted by molar-refractivity contribution is 5.99. The second kappa shape index (κ2) is 5.17. The minimum Gasteiger partial charge on any atom is -0.491 e. The molecular formula is C14H19FN2O2. The van der Waals surface area contributed by atoms with Crippen LogP contribution in [-0.4, -0.2) is 26.1 Å². The van der Waals surface area contributed by atoms with Gasteiger partial charge in [0.2, 0.25) is 5.91 Å². The average Bonchev–Trinajstić information content (AvgIpc) is 3.20. The zero-order chi connectivity index (χ0) is 14.0. The molecule has 0 bridgehead atoms. The molecule has 1 aromatic carbocycles. The van der Waals surface area contributed by atoms with Crippen molar-refractivity contribution in [2.45, 2.75) is 19.8 Å². The van der Waals surface area contributed by atoms with Gasteiger partial charge in [0.1, 0.15) is 0 Å². The van der Waals surface area contributed by atoms with Gasteiger partial charge in [0.05, 0.1) is 12.0 Å². The van der Waals surface area contributed by atoms with Gasteiger partial charge in [0.25, 0.3) is 0 Å². The lowest BCUT2D eigenvalue weighted by atomic mass is 10.1. The van der Waals surface area contributed by atoms with Gasteiger partial charge >= 0.3 is 0 Å². The van der Waals surface area contributed by atoms with Crippen LogP contribution < -0.4 is 15.4 Å². The average molecular weight is 266 g/mol. The second-order valence-corrected chi connectivity index (χ2v) is 4.90. The molecule has 0 aromatic heterocycles. The van der Waals surface area contributed by atoms with Crippen LogP contribution in [0.15, 0.2) is 18.2 Å². The predicted octanol–water partition coefficient (Wildman–Crippen LogP) is 1.93. The first-order chi connectivity index (χ1) is 9.04. The summed E-state index contributed by atoms with van der Waals surface area (Å²) in [6, 6.07) is 4.54. The molecule has 2 rings (SSSR count).